The Morgan fingerprint density at radius 2 is 2.03 bits per heavy atom. The second kappa shape index (κ2) is 11.4. The van der Waals surface area contributed by atoms with E-state index in [4.69, 9.17) is 19.2 Å². The van der Waals surface area contributed by atoms with E-state index in [0.29, 0.717) is 31.4 Å². The Bertz CT molecular complexity index is 693. The molecule has 1 aromatic carbocycles. The number of ether oxygens (including phenoxy) is 3. The lowest BCUT2D eigenvalue weighted by molar-refractivity contribution is 0.0992. The third kappa shape index (κ3) is 6.01. The molecule has 2 fully saturated rings. The summed E-state index contributed by atoms with van der Waals surface area (Å²) in [4.78, 5) is 7.12. The van der Waals surface area contributed by atoms with Gasteiger partial charge in [-0.2, -0.15) is 0 Å². The predicted molar refractivity (Wildman–Crippen MR) is 121 cm³/mol. The minimum absolute atomic E-state index is 0.326. The Hall–Kier alpha value is -1.99. The fourth-order valence-corrected chi connectivity index (χ4v) is 4.21. The first-order chi connectivity index (χ1) is 14.7. The van der Waals surface area contributed by atoms with Gasteiger partial charge in [-0.1, -0.05) is 19.9 Å². The number of fused-ring (bicyclic) bond motifs is 2. The molecule has 30 heavy (non-hydrogen) atoms. The lowest BCUT2D eigenvalue weighted by atomic mass is 9.96. The van der Waals surface area contributed by atoms with Crippen LogP contribution in [-0.4, -0.2) is 69.0 Å². The summed E-state index contributed by atoms with van der Waals surface area (Å²) in [5.41, 5.74) is 1.09. The molecule has 2 N–H and O–H groups in total. The van der Waals surface area contributed by atoms with Crippen LogP contribution in [0.2, 0.25) is 0 Å². The second-order valence-electron chi connectivity index (χ2n) is 7.92. The van der Waals surface area contributed by atoms with Crippen LogP contribution in [0.5, 0.6) is 11.5 Å². The molecule has 2 saturated heterocycles. The van der Waals surface area contributed by atoms with Gasteiger partial charge in [0, 0.05) is 13.1 Å². The Morgan fingerprint density at radius 3 is 2.67 bits per heavy atom. The molecule has 2 aliphatic rings. The average Bonchev–Trinajstić information content (AvgIpc) is 3.39. The van der Waals surface area contributed by atoms with Crippen LogP contribution in [0, 0.1) is 0 Å². The van der Waals surface area contributed by atoms with Crippen molar-refractivity contribution in [1.29, 1.82) is 0 Å². The first kappa shape index (κ1) is 22.7. The van der Waals surface area contributed by atoms with Crippen LogP contribution in [0.4, 0.5) is 0 Å². The fraction of sp³-hybridized carbons (Fsp3) is 0.696. The molecular weight excluding hydrogens is 380 g/mol. The molecule has 2 heterocycles. The normalized spacial score (nSPS) is 23.1. The third-order valence-electron chi connectivity index (χ3n) is 5.98. The molecule has 1 aromatic rings. The number of likely N-dealkylation sites (N-methyl/N-ethyl adjacent to an activating group) is 1. The molecule has 168 valence electrons. The van der Waals surface area contributed by atoms with Gasteiger partial charge < -0.3 is 29.7 Å². The molecule has 0 amide bonds. The minimum atomic E-state index is 0.326. The molecule has 3 atom stereocenters. The van der Waals surface area contributed by atoms with Crippen molar-refractivity contribution in [3.63, 3.8) is 0 Å². The highest BCUT2D eigenvalue weighted by Gasteiger charge is 2.41. The summed E-state index contributed by atoms with van der Waals surface area (Å²) >= 11 is 0. The molecule has 2 bridgehead atoms. The molecule has 0 aliphatic carbocycles. The monoisotopic (exact) mass is 418 g/mol. The van der Waals surface area contributed by atoms with Gasteiger partial charge in [0.25, 0.3) is 0 Å². The first-order valence-electron chi connectivity index (χ1n) is 11.4. The van der Waals surface area contributed by atoms with E-state index in [1.807, 2.05) is 12.1 Å². The molecule has 0 spiro atoms. The highest BCUT2D eigenvalue weighted by molar-refractivity contribution is 5.80. The number of rotatable bonds is 11. The van der Waals surface area contributed by atoms with E-state index < -0.39 is 0 Å². The zero-order chi connectivity index (χ0) is 21.3. The maximum Gasteiger partial charge on any atom is 0.191 e. The lowest BCUT2D eigenvalue weighted by Crippen LogP contribution is -2.47. The number of hydrogen-bond donors (Lipinski definition) is 2. The number of benzene rings is 1. The van der Waals surface area contributed by atoms with Gasteiger partial charge in [0.05, 0.1) is 31.9 Å². The number of hydrogen-bond acceptors (Lipinski definition) is 5. The summed E-state index contributed by atoms with van der Waals surface area (Å²) in [7, 11) is 1.68. The Balaban J connectivity index is 1.57. The van der Waals surface area contributed by atoms with Crippen molar-refractivity contribution < 1.29 is 14.2 Å². The highest BCUT2D eigenvalue weighted by atomic mass is 16.5. The van der Waals surface area contributed by atoms with Crippen molar-refractivity contribution in [2.24, 2.45) is 4.99 Å². The highest BCUT2D eigenvalue weighted by Crippen LogP contribution is 2.34. The van der Waals surface area contributed by atoms with Gasteiger partial charge in [0.2, 0.25) is 0 Å². The van der Waals surface area contributed by atoms with E-state index in [2.05, 4.69) is 42.4 Å². The summed E-state index contributed by atoms with van der Waals surface area (Å²) < 4.78 is 17.5. The molecule has 3 rings (SSSR count). The van der Waals surface area contributed by atoms with Crippen molar-refractivity contribution >= 4 is 5.96 Å². The molecule has 0 aromatic heterocycles. The maximum absolute atomic E-state index is 5.96. The van der Waals surface area contributed by atoms with Crippen LogP contribution in [0.3, 0.4) is 0 Å². The van der Waals surface area contributed by atoms with Gasteiger partial charge in [-0.3, -0.25) is 0 Å². The lowest BCUT2D eigenvalue weighted by Gasteiger charge is -2.22. The minimum Gasteiger partial charge on any atom is -0.493 e. The first-order valence-corrected chi connectivity index (χ1v) is 11.4. The summed E-state index contributed by atoms with van der Waals surface area (Å²) in [6.45, 7) is 11.4. The van der Waals surface area contributed by atoms with E-state index in [-0.39, 0.29) is 0 Å². The van der Waals surface area contributed by atoms with Crippen molar-refractivity contribution in [2.75, 3.05) is 39.9 Å². The van der Waals surface area contributed by atoms with Crippen LogP contribution in [0.15, 0.2) is 23.2 Å². The molecule has 7 heteroatoms. The molecule has 2 aliphatic heterocycles. The number of guanidine groups is 1. The van der Waals surface area contributed by atoms with E-state index in [1.54, 1.807) is 7.11 Å². The number of methoxy groups -OCH3 is 1. The average molecular weight is 419 g/mol. The molecular formula is C23H38N4O3. The standard InChI is InChI=1S/C23H38N4O3/c1-5-24-23(26-19-15-18-9-11-20(19)30-18)25-16-17-8-10-21(22(14-17)28-4)29-13-12-27(6-2)7-3/h8,10,14,18-20H,5-7,9,11-13,15-16H2,1-4H3,(H2,24,25,26). The van der Waals surface area contributed by atoms with Crippen LogP contribution in [0.1, 0.15) is 45.6 Å². The van der Waals surface area contributed by atoms with Gasteiger partial charge in [0.1, 0.15) is 6.61 Å². The van der Waals surface area contributed by atoms with Crippen LogP contribution in [0.25, 0.3) is 0 Å². The van der Waals surface area contributed by atoms with Crippen molar-refractivity contribution in [1.82, 2.24) is 15.5 Å². The maximum atomic E-state index is 5.96. The van der Waals surface area contributed by atoms with Crippen LogP contribution >= 0.6 is 0 Å². The van der Waals surface area contributed by atoms with E-state index >= 15 is 0 Å². The van der Waals surface area contributed by atoms with Gasteiger partial charge in [-0.05, 0) is 57.0 Å². The Labute approximate surface area is 181 Å². The van der Waals surface area contributed by atoms with Crippen molar-refractivity contribution in [3.05, 3.63) is 23.8 Å². The second-order valence-corrected chi connectivity index (χ2v) is 7.92. The Kier molecular flexibility index (Phi) is 8.63. The van der Waals surface area contributed by atoms with E-state index in [9.17, 15) is 0 Å². The zero-order valence-electron chi connectivity index (χ0n) is 18.9. The van der Waals surface area contributed by atoms with Gasteiger partial charge in [-0.25, -0.2) is 4.99 Å². The SMILES string of the molecule is CCNC(=NCc1ccc(OCCN(CC)CC)c(OC)c1)NC1CC2CCC1O2. The predicted octanol–water partition coefficient (Wildman–Crippen LogP) is 2.79. The smallest absolute Gasteiger partial charge is 0.191 e. The summed E-state index contributed by atoms with van der Waals surface area (Å²) in [6.07, 6.45) is 4.16. The zero-order valence-corrected chi connectivity index (χ0v) is 18.9. The van der Waals surface area contributed by atoms with Crippen molar-refractivity contribution in [3.8, 4) is 11.5 Å². The molecule has 0 saturated carbocycles. The molecule has 7 nitrogen and oxygen atoms in total. The van der Waals surface area contributed by atoms with Crippen molar-refractivity contribution in [2.45, 2.75) is 64.8 Å². The summed E-state index contributed by atoms with van der Waals surface area (Å²) in [5.74, 6) is 2.38. The van der Waals surface area contributed by atoms with Gasteiger partial charge >= 0.3 is 0 Å². The van der Waals surface area contributed by atoms with Crippen LogP contribution in [-0.2, 0) is 11.3 Å². The third-order valence-corrected chi connectivity index (χ3v) is 5.98. The number of nitrogens with one attached hydrogen (secondary N) is 2. The molecule has 3 unspecified atom stereocenters. The van der Waals surface area contributed by atoms with E-state index in [0.717, 1.165) is 62.0 Å². The van der Waals surface area contributed by atoms with E-state index in [1.165, 1.54) is 6.42 Å². The van der Waals surface area contributed by atoms with Gasteiger partial charge in [-0.15, -0.1) is 0 Å². The van der Waals surface area contributed by atoms with Crippen LogP contribution < -0.4 is 20.1 Å². The number of nitrogens with zero attached hydrogens (tertiary/aromatic N) is 2. The quantitative estimate of drug-likeness (QED) is 0.426. The summed E-state index contributed by atoms with van der Waals surface area (Å²) in [6, 6.07) is 6.41. The molecule has 0 radical (unpaired) electrons. The summed E-state index contributed by atoms with van der Waals surface area (Å²) in [5, 5.41) is 6.91. The Morgan fingerprint density at radius 1 is 1.20 bits per heavy atom. The largest absolute Gasteiger partial charge is 0.493 e. The van der Waals surface area contributed by atoms with Gasteiger partial charge in [0.15, 0.2) is 17.5 Å². The fourth-order valence-electron chi connectivity index (χ4n) is 4.21. The number of aliphatic imine (C=N–C) groups is 1. The topological polar surface area (TPSA) is 67.4 Å².